The first-order chi connectivity index (χ1) is 10.7. The van der Waals surface area contributed by atoms with Crippen LogP contribution in [0.2, 0.25) is 5.02 Å². The van der Waals surface area contributed by atoms with Crippen molar-refractivity contribution in [2.45, 2.75) is 6.10 Å². The number of benzene rings is 2. The summed E-state index contributed by atoms with van der Waals surface area (Å²) in [6, 6.07) is 13.4. The molecule has 22 heavy (non-hydrogen) atoms. The molecule has 1 heterocycles. The molecule has 0 aliphatic carbocycles. The summed E-state index contributed by atoms with van der Waals surface area (Å²) >= 11 is 6.18. The molecule has 5 heteroatoms. The third kappa shape index (κ3) is 2.98. The Labute approximate surface area is 133 Å². The molecule has 0 bridgehead atoms. The largest absolute Gasteiger partial charge is 0.370 e. The number of ether oxygens (including phenoxy) is 1. The van der Waals surface area contributed by atoms with E-state index in [0.29, 0.717) is 24.7 Å². The normalized spacial score (nSPS) is 18.3. The summed E-state index contributed by atoms with van der Waals surface area (Å²) in [6.45, 7) is 1.20. The number of morpholine rings is 1. The average Bonchev–Trinajstić information content (AvgIpc) is 2.55. The molecule has 3 rings (SSSR count). The third-order valence-electron chi connectivity index (χ3n) is 3.71. The molecule has 1 aliphatic heterocycles. The third-order valence-corrected chi connectivity index (χ3v) is 4.05. The van der Waals surface area contributed by atoms with Crippen molar-refractivity contribution < 1.29 is 13.9 Å². The summed E-state index contributed by atoms with van der Waals surface area (Å²) in [5.41, 5.74) is 0.928. The van der Waals surface area contributed by atoms with Crippen molar-refractivity contribution in [1.82, 2.24) is 4.90 Å². The molecule has 2 aromatic carbocycles. The molecule has 0 N–H and O–H groups in total. The van der Waals surface area contributed by atoms with Crippen molar-refractivity contribution in [2.24, 2.45) is 0 Å². The van der Waals surface area contributed by atoms with Gasteiger partial charge in [-0.15, -0.1) is 0 Å². The molecule has 0 aromatic heterocycles. The molecule has 0 spiro atoms. The predicted molar refractivity (Wildman–Crippen MR) is 82.4 cm³/mol. The number of hydrogen-bond acceptors (Lipinski definition) is 2. The number of carbonyl (C=O) groups excluding carboxylic acids is 1. The zero-order valence-corrected chi connectivity index (χ0v) is 12.6. The van der Waals surface area contributed by atoms with Crippen LogP contribution in [0.25, 0.3) is 0 Å². The minimum atomic E-state index is -0.506. The predicted octanol–water partition coefficient (Wildman–Crippen LogP) is 3.69. The second kappa shape index (κ2) is 6.46. The summed E-state index contributed by atoms with van der Waals surface area (Å²) in [6.07, 6.45) is -0.293. The van der Waals surface area contributed by atoms with Crippen molar-refractivity contribution in [1.29, 1.82) is 0 Å². The molecule has 0 saturated carbocycles. The molecule has 1 saturated heterocycles. The number of amides is 1. The molecule has 114 valence electrons. The maximum Gasteiger partial charge on any atom is 0.257 e. The fourth-order valence-electron chi connectivity index (χ4n) is 2.56. The number of rotatable bonds is 2. The quantitative estimate of drug-likeness (QED) is 0.845. The van der Waals surface area contributed by atoms with Crippen LogP contribution in [-0.4, -0.2) is 30.5 Å². The minimum absolute atomic E-state index is 0.0855. The topological polar surface area (TPSA) is 29.5 Å². The smallest absolute Gasteiger partial charge is 0.257 e. The second-order valence-electron chi connectivity index (χ2n) is 5.11. The Balaban J connectivity index is 1.80. The fraction of sp³-hybridized carbons (Fsp3) is 0.235. The first-order valence-electron chi connectivity index (χ1n) is 7.06. The maximum absolute atomic E-state index is 13.8. The molecule has 0 radical (unpaired) electrons. The van der Waals surface area contributed by atoms with Gasteiger partial charge >= 0.3 is 0 Å². The van der Waals surface area contributed by atoms with Gasteiger partial charge in [0.2, 0.25) is 0 Å². The van der Waals surface area contributed by atoms with Crippen molar-refractivity contribution in [3.8, 4) is 0 Å². The Kier molecular flexibility index (Phi) is 4.41. The van der Waals surface area contributed by atoms with E-state index in [9.17, 15) is 9.18 Å². The number of carbonyl (C=O) groups is 1. The van der Waals surface area contributed by atoms with Crippen LogP contribution in [0.3, 0.4) is 0 Å². The zero-order chi connectivity index (χ0) is 15.5. The van der Waals surface area contributed by atoms with Crippen LogP contribution in [0.5, 0.6) is 0 Å². The molecule has 3 nitrogen and oxygen atoms in total. The monoisotopic (exact) mass is 319 g/mol. The molecule has 1 atom stereocenters. The lowest BCUT2D eigenvalue weighted by molar-refractivity contribution is -0.0229. The standard InChI is InChI=1S/C17H15ClFNO2/c18-14-7-3-1-5-12(14)16-11-20(9-10-22-16)17(21)13-6-2-4-8-15(13)19/h1-8,16H,9-11H2. The van der Waals surface area contributed by atoms with Crippen LogP contribution in [-0.2, 0) is 4.74 Å². The van der Waals surface area contributed by atoms with Crippen LogP contribution in [0.4, 0.5) is 4.39 Å². The highest BCUT2D eigenvalue weighted by atomic mass is 35.5. The molecule has 1 amide bonds. The minimum Gasteiger partial charge on any atom is -0.370 e. The van der Waals surface area contributed by atoms with Crippen LogP contribution >= 0.6 is 11.6 Å². The lowest BCUT2D eigenvalue weighted by Gasteiger charge is -2.33. The first kappa shape index (κ1) is 15.0. The highest BCUT2D eigenvalue weighted by molar-refractivity contribution is 6.31. The van der Waals surface area contributed by atoms with Crippen molar-refractivity contribution in [3.63, 3.8) is 0 Å². The van der Waals surface area contributed by atoms with Crippen molar-refractivity contribution in [3.05, 3.63) is 70.5 Å². The maximum atomic E-state index is 13.8. The van der Waals surface area contributed by atoms with Crippen molar-refractivity contribution >= 4 is 17.5 Å². The van der Waals surface area contributed by atoms with E-state index in [4.69, 9.17) is 16.3 Å². The highest BCUT2D eigenvalue weighted by Gasteiger charge is 2.28. The van der Waals surface area contributed by atoms with Gasteiger partial charge in [0.05, 0.1) is 18.7 Å². The molecular formula is C17H15ClFNO2. The van der Waals surface area contributed by atoms with Gasteiger partial charge in [-0.25, -0.2) is 4.39 Å². The van der Waals surface area contributed by atoms with Gasteiger partial charge in [-0.1, -0.05) is 41.9 Å². The Morgan fingerprint density at radius 1 is 1.18 bits per heavy atom. The molecular weight excluding hydrogens is 305 g/mol. The zero-order valence-electron chi connectivity index (χ0n) is 11.8. The van der Waals surface area contributed by atoms with E-state index in [1.54, 1.807) is 23.1 Å². The van der Waals surface area contributed by atoms with Gasteiger partial charge in [0.15, 0.2) is 0 Å². The van der Waals surface area contributed by atoms with E-state index in [0.717, 1.165) is 5.56 Å². The summed E-state index contributed by atoms with van der Waals surface area (Å²) in [7, 11) is 0. The molecule has 1 aliphatic rings. The number of halogens is 2. The lowest BCUT2D eigenvalue weighted by atomic mass is 10.1. The summed E-state index contributed by atoms with van der Waals surface area (Å²) in [4.78, 5) is 14.1. The van der Waals surface area contributed by atoms with E-state index < -0.39 is 5.82 Å². The van der Waals surface area contributed by atoms with Crippen molar-refractivity contribution in [2.75, 3.05) is 19.7 Å². The summed E-state index contributed by atoms with van der Waals surface area (Å²) < 4.78 is 19.5. The Bertz CT molecular complexity index is 692. The first-order valence-corrected chi connectivity index (χ1v) is 7.44. The van der Waals surface area contributed by atoms with Crippen LogP contribution in [0, 0.1) is 5.82 Å². The van der Waals surface area contributed by atoms with E-state index in [1.807, 2.05) is 18.2 Å². The van der Waals surface area contributed by atoms with Crippen LogP contribution in [0.1, 0.15) is 22.0 Å². The van der Waals surface area contributed by atoms with Gasteiger partial charge in [-0.2, -0.15) is 0 Å². The van der Waals surface area contributed by atoms with Crippen LogP contribution in [0.15, 0.2) is 48.5 Å². The SMILES string of the molecule is O=C(c1ccccc1F)N1CCOC(c2ccccc2Cl)C1. The second-order valence-corrected chi connectivity index (χ2v) is 5.52. The van der Waals surface area contributed by atoms with E-state index in [2.05, 4.69) is 0 Å². The van der Waals surface area contributed by atoms with E-state index in [-0.39, 0.29) is 17.6 Å². The van der Waals surface area contributed by atoms with Gasteiger partial charge in [0, 0.05) is 17.1 Å². The van der Waals surface area contributed by atoms with E-state index in [1.165, 1.54) is 12.1 Å². The summed E-state index contributed by atoms with van der Waals surface area (Å²) in [5, 5.41) is 0.604. The molecule has 1 unspecified atom stereocenters. The summed E-state index contributed by atoms with van der Waals surface area (Å²) in [5.74, 6) is -0.827. The van der Waals surface area contributed by atoms with Gasteiger partial charge in [0.1, 0.15) is 11.9 Å². The number of hydrogen-bond donors (Lipinski definition) is 0. The fourth-order valence-corrected chi connectivity index (χ4v) is 2.82. The van der Waals surface area contributed by atoms with Crippen LogP contribution < -0.4 is 0 Å². The van der Waals surface area contributed by atoms with Gasteiger partial charge in [-0.05, 0) is 18.2 Å². The van der Waals surface area contributed by atoms with Gasteiger partial charge in [0.25, 0.3) is 5.91 Å². The Morgan fingerprint density at radius 3 is 2.68 bits per heavy atom. The lowest BCUT2D eigenvalue weighted by Crippen LogP contribution is -2.42. The highest BCUT2D eigenvalue weighted by Crippen LogP contribution is 2.29. The molecule has 1 fully saturated rings. The van der Waals surface area contributed by atoms with Gasteiger partial charge < -0.3 is 9.64 Å². The van der Waals surface area contributed by atoms with Gasteiger partial charge in [-0.3, -0.25) is 4.79 Å². The Morgan fingerprint density at radius 2 is 1.91 bits per heavy atom. The molecule has 2 aromatic rings. The van der Waals surface area contributed by atoms with E-state index >= 15 is 0 Å². The number of nitrogens with zero attached hydrogens (tertiary/aromatic N) is 1. The Hall–Kier alpha value is -1.91. The average molecular weight is 320 g/mol.